The van der Waals surface area contributed by atoms with Crippen LogP contribution < -0.4 is 5.32 Å². The van der Waals surface area contributed by atoms with Crippen LogP contribution in [0, 0.1) is 0 Å². The Hall–Kier alpha value is -2.36. The fourth-order valence-electron chi connectivity index (χ4n) is 1.87. The summed E-state index contributed by atoms with van der Waals surface area (Å²) in [6.45, 7) is 7.30. The molecule has 0 unspecified atom stereocenters. The van der Waals surface area contributed by atoms with Gasteiger partial charge in [0, 0.05) is 12.8 Å². The predicted octanol–water partition coefficient (Wildman–Crippen LogP) is 3.32. The molecule has 1 aromatic carbocycles. The van der Waals surface area contributed by atoms with Crippen molar-refractivity contribution in [2.24, 2.45) is 0 Å². The van der Waals surface area contributed by atoms with Crippen molar-refractivity contribution in [2.75, 3.05) is 6.61 Å². The van der Waals surface area contributed by atoms with Gasteiger partial charge in [-0.2, -0.15) is 0 Å². The van der Waals surface area contributed by atoms with Crippen LogP contribution in [0.4, 0.5) is 0 Å². The minimum absolute atomic E-state index is 0.0871. The summed E-state index contributed by atoms with van der Waals surface area (Å²) < 4.78 is 5.24. The molecular formula is C18H23NO3. The number of benzene rings is 1. The van der Waals surface area contributed by atoms with Crippen molar-refractivity contribution in [2.45, 2.75) is 31.7 Å². The van der Waals surface area contributed by atoms with Gasteiger partial charge in [0.2, 0.25) is 5.91 Å². The minimum atomic E-state index is -0.341. The lowest BCUT2D eigenvalue weighted by atomic mass is 10.1. The fraction of sp³-hybridized carbons (Fsp3) is 0.333. The van der Waals surface area contributed by atoms with Gasteiger partial charge >= 0.3 is 5.97 Å². The Kier molecular flexibility index (Phi) is 8.35. The Labute approximate surface area is 131 Å². The summed E-state index contributed by atoms with van der Waals surface area (Å²) in [6, 6.07) is 9.13. The highest BCUT2D eigenvalue weighted by Gasteiger charge is 2.16. The fourth-order valence-corrected chi connectivity index (χ4v) is 1.87. The molecule has 1 atom stereocenters. The maximum atomic E-state index is 11.9. The van der Waals surface area contributed by atoms with E-state index in [1.54, 1.807) is 12.2 Å². The third-order valence-electron chi connectivity index (χ3n) is 3.08. The van der Waals surface area contributed by atoms with Crippen molar-refractivity contribution in [1.82, 2.24) is 5.32 Å². The van der Waals surface area contributed by atoms with Gasteiger partial charge in [-0.15, -0.1) is 13.2 Å². The monoisotopic (exact) mass is 301 g/mol. The molecule has 0 aliphatic rings. The summed E-state index contributed by atoms with van der Waals surface area (Å²) in [6.07, 6.45) is 5.25. The Bertz CT molecular complexity index is 496. The summed E-state index contributed by atoms with van der Waals surface area (Å²) in [5, 5.41) is 2.90. The largest absolute Gasteiger partial charge is 0.463 e. The van der Waals surface area contributed by atoms with Gasteiger partial charge < -0.3 is 10.1 Å². The van der Waals surface area contributed by atoms with Gasteiger partial charge in [0.15, 0.2) is 0 Å². The highest BCUT2D eigenvalue weighted by atomic mass is 16.5. The zero-order valence-electron chi connectivity index (χ0n) is 12.8. The summed E-state index contributed by atoms with van der Waals surface area (Å²) in [5.74, 6) is -0.378. The van der Waals surface area contributed by atoms with Crippen LogP contribution >= 0.6 is 0 Å². The van der Waals surface area contributed by atoms with E-state index in [0.717, 1.165) is 5.56 Å². The maximum Gasteiger partial charge on any atom is 0.306 e. The third-order valence-corrected chi connectivity index (χ3v) is 3.08. The quantitative estimate of drug-likeness (QED) is 0.533. The number of esters is 1. The van der Waals surface area contributed by atoms with Gasteiger partial charge in [0.1, 0.15) is 6.61 Å². The van der Waals surface area contributed by atoms with Crippen molar-refractivity contribution in [3.05, 3.63) is 61.2 Å². The van der Waals surface area contributed by atoms with E-state index in [-0.39, 0.29) is 24.5 Å². The van der Waals surface area contributed by atoms with E-state index in [2.05, 4.69) is 18.5 Å². The summed E-state index contributed by atoms with van der Waals surface area (Å²) in [5.41, 5.74) is 0.908. The van der Waals surface area contributed by atoms with Gasteiger partial charge in [-0.1, -0.05) is 42.5 Å². The third kappa shape index (κ3) is 6.88. The number of hydrogen-bond acceptors (Lipinski definition) is 3. The molecule has 0 saturated carbocycles. The molecule has 0 aromatic heterocycles. The maximum absolute atomic E-state index is 11.9. The molecule has 0 spiro atoms. The van der Waals surface area contributed by atoms with Crippen LogP contribution in [0.25, 0.3) is 0 Å². The van der Waals surface area contributed by atoms with Crippen LogP contribution in [0.5, 0.6) is 0 Å². The van der Waals surface area contributed by atoms with Crippen LogP contribution in [-0.4, -0.2) is 18.5 Å². The van der Waals surface area contributed by atoms with E-state index < -0.39 is 0 Å². The molecule has 0 fully saturated rings. The molecule has 4 heteroatoms. The lowest BCUT2D eigenvalue weighted by Crippen LogP contribution is -2.32. The first-order chi connectivity index (χ1) is 10.7. The van der Waals surface area contributed by atoms with Crippen LogP contribution in [0.2, 0.25) is 0 Å². The predicted molar refractivity (Wildman–Crippen MR) is 87.1 cm³/mol. The molecule has 0 aliphatic carbocycles. The molecule has 0 aliphatic heterocycles. The average molecular weight is 301 g/mol. The standard InChI is InChI=1S/C18H23NO3/c1-3-5-12-17(20)19-16(15-10-8-7-9-11-15)14-22-18(21)13-6-4-2/h3-4,7-11,16H,1-2,5-6,12-14H2,(H,19,20)/t16-/m0/s1. The second-order valence-corrected chi connectivity index (χ2v) is 4.87. The minimum Gasteiger partial charge on any atom is -0.463 e. The highest BCUT2D eigenvalue weighted by molar-refractivity contribution is 5.76. The van der Waals surface area contributed by atoms with E-state index in [9.17, 15) is 9.59 Å². The van der Waals surface area contributed by atoms with Crippen LogP contribution in [0.15, 0.2) is 55.6 Å². The number of ether oxygens (including phenoxy) is 1. The molecule has 0 heterocycles. The van der Waals surface area contributed by atoms with Gasteiger partial charge in [0.25, 0.3) is 0 Å². The van der Waals surface area contributed by atoms with Crippen LogP contribution in [0.1, 0.15) is 37.3 Å². The summed E-state index contributed by atoms with van der Waals surface area (Å²) >= 11 is 0. The first kappa shape index (κ1) is 17.7. The van der Waals surface area contributed by atoms with Crippen LogP contribution in [0.3, 0.4) is 0 Å². The first-order valence-corrected chi connectivity index (χ1v) is 7.39. The Morgan fingerprint density at radius 1 is 1.09 bits per heavy atom. The van der Waals surface area contributed by atoms with E-state index in [4.69, 9.17) is 4.74 Å². The van der Waals surface area contributed by atoms with E-state index in [1.807, 2.05) is 30.3 Å². The first-order valence-electron chi connectivity index (χ1n) is 7.39. The molecule has 0 bridgehead atoms. The lowest BCUT2D eigenvalue weighted by molar-refractivity contribution is -0.145. The molecule has 1 N–H and O–H groups in total. The number of nitrogens with one attached hydrogen (secondary N) is 1. The summed E-state index contributed by atoms with van der Waals surface area (Å²) in [7, 11) is 0. The number of hydrogen-bond donors (Lipinski definition) is 1. The van der Waals surface area contributed by atoms with Gasteiger partial charge in [-0.25, -0.2) is 0 Å². The zero-order chi connectivity index (χ0) is 16.2. The van der Waals surface area contributed by atoms with Crippen molar-refractivity contribution >= 4 is 11.9 Å². The zero-order valence-corrected chi connectivity index (χ0v) is 12.8. The molecule has 4 nitrogen and oxygen atoms in total. The normalized spacial score (nSPS) is 11.3. The molecule has 0 saturated heterocycles. The second-order valence-electron chi connectivity index (χ2n) is 4.87. The van der Waals surface area contributed by atoms with Crippen molar-refractivity contribution < 1.29 is 14.3 Å². The summed E-state index contributed by atoms with van der Waals surface area (Å²) in [4.78, 5) is 23.5. The molecule has 1 aromatic rings. The second kappa shape index (κ2) is 10.4. The smallest absolute Gasteiger partial charge is 0.306 e. The molecule has 118 valence electrons. The van der Waals surface area contributed by atoms with Crippen molar-refractivity contribution in [3.8, 4) is 0 Å². The van der Waals surface area contributed by atoms with Gasteiger partial charge in [0.05, 0.1) is 6.04 Å². The van der Waals surface area contributed by atoms with Crippen molar-refractivity contribution in [3.63, 3.8) is 0 Å². The highest BCUT2D eigenvalue weighted by Crippen LogP contribution is 2.14. The molecule has 1 rings (SSSR count). The van der Waals surface area contributed by atoms with E-state index in [0.29, 0.717) is 25.7 Å². The number of carbonyl (C=O) groups is 2. The molecular weight excluding hydrogens is 278 g/mol. The number of carbonyl (C=O) groups excluding carboxylic acids is 2. The van der Waals surface area contributed by atoms with E-state index in [1.165, 1.54) is 0 Å². The lowest BCUT2D eigenvalue weighted by Gasteiger charge is -2.19. The topological polar surface area (TPSA) is 55.4 Å². The average Bonchev–Trinajstić information content (AvgIpc) is 2.55. The van der Waals surface area contributed by atoms with Crippen molar-refractivity contribution in [1.29, 1.82) is 0 Å². The molecule has 1 amide bonds. The Balaban J connectivity index is 2.62. The number of amides is 1. The Morgan fingerprint density at radius 3 is 2.36 bits per heavy atom. The Morgan fingerprint density at radius 2 is 1.73 bits per heavy atom. The van der Waals surface area contributed by atoms with Crippen LogP contribution in [-0.2, 0) is 14.3 Å². The van der Waals surface area contributed by atoms with Gasteiger partial charge in [-0.05, 0) is 18.4 Å². The van der Waals surface area contributed by atoms with Gasteiger partial charge in [-0.3, -0.25) is 9.59 Å². The van der Waals surface area contributed by atoms with E-state index >= 15 is 0 Å². The number of rotatable bonds is 10. The molecule has 0 radical (unpaired) electrons. The SMILES string of the molecule is C=CCCC(=O)N[C@@H](COC(=O)CCC=C)c1ccccc1. The number of allylic oxidation sites excluding steroid dienone is 2. The molecule has 22 heavy (non-hydrogen) atoms.